The maximum absolute atomic E-state index is 12.1. The zero-order valence-electron chi connectivity index (χ0n) is 15.9. The molecule has 28 heavy (non-hydrogen) atoms. The average molecular weight is 469 g/mol. The lowest BCUT2D eigenvalue weighted by molar-refractivity contribution is -0.123. The molecule has 2 aromatic rings. The van der Waals surface area contributed by atoms with E-state index in [1.54, 1.807) is 12.1 Å². The number of hydrogen-bond acceptors (Lipinski definition) is 4. The highest BCUT2D eigenvalue weighted by molar-refractivity contribution is 9.10. The Kier molecular flexibility index (Phi) is 8.47. The minimum atomic E-state index is -3.52. The third-order valence-corrected chi connectivity index (χ3v) is 6.08. The Morgan fingerprint density at radius 3 is 2.36 bits per heavy atom. The zero-order chi connectivity index (χ0) is 20.6. The van der Waals surface area contributed by atoms with Crippen molar-refractivity contribution in [2.75, 3.05) is 13.2 Å². The first-order chi connectivity index (χ1) is 13.3. The average Bonchev–Trinajstić information content (AvgIpc) is 2.67. The minimum absolute atomic E-state index is 0.147. The smallest absolute Gasteiger partial charge is 0.258 e. The Bertz CT molecular complexity index is 868. The molecule has 6 nitrogen and oxygen atoms in total. The third kappa shape index (κ3) is 6.92. The number of hydrogen-bond donors (Lipinski definition) is 2. The molecule has 1 amide bonds. The number of nitrogens with one attached hydrogen (secondary N) is 2. The van der Waals surface area contributed by atoms with E-state index in [1.165, 1.54) is 12.1 Å². The Hall–Kier alpha value is -1.90. The molecule has 152 valence electrons. The van der Waals surface area contributed by atoms with Gasteiger partial charge in [0.25, 0.3) is 5.91 Å². The number of amides is 1. The van der Waals surface area contributed by atoms with Gasteiger partial charge in [-0.25, -0.2) is 13.1 Å². The van der Waals surface area contributed by atoms with Gasteiger partial charge in [-0.3, -0.25) is 4.79 Å². The van der Waals surface area contributed by atoms with Crippen LogP contribution in [-0.2, 0) is 14.8 Å². The first kappa shape index (κ1) is 22.4. The Labute approximate surface area is 174 Å². The number of sulfonamides is 1. The molecule has 8 heteroatoms. The molecule has 0 aromatic heterocycles. The molecule has 0 bridgehead atoms. The quantitative estimate of drug-likeness (QED) is 0.519. The first-order valence-electron chi connectivity index (χ1n) is 9.09. The Morgan fingerprint density at radius 2 is 1.75 bits per heavy atom. The highest BCUT2D eigenvalue weighted by Crippen LogP contribution is 2.18. The van der Waals surface area contributed by atoms with Crippen molar-refractivity contribution in [3.8, 4) is 5.75 Å². The van der Waals surface area contributed by atoms with Crippen LogP contribution in [-0.4, -0.2) is 27.5 Å². The summed E-state index contributed by atoms with van der Waals surface area (Å²) in [6, 6.07) is 13.6. The van der Waals surface area contributed by atoms with E-state index in [2.05, 4.69) is 26.0 Å². The van der Waals surface area contributed by atoms with Gasteiger partial charge >= 0.3 is 0 Å². The molecule has 0 heterocycles. The van der Waals surface area contributed by atoms with Crippen LogP contribution in [0.4, 0.5) is 0 Å². The van der Waals surface area contributed by atoms with Crippen LogP contribution in [0.1, 0.15) is 38.3 Å². The lowest BCUT2D eigenvalue weighted by Crippen LogP contribution is -2.31. The second-order valence-corrected chi connectivity index (χ2v) is 9.03. The van der Waals surface area contributed by atoms with Crippen LogP contribution in [0.15, 0.2) is 57.9 Å². The van der Waals surface area contributed by atoms with Gasteiger partial charge in [0.15, 0.2) is 6.61 Å². The van der Waals surface area contributed by atoms with Crippen LogP contribution in [0.2, 0.25) is 0 Å². The molecule has 0 saturated heterocycles. The Morgan fingerprint density at radius 1 is 1.11 bits per heavy atom. The maximum Gasteiger partial charge on any atom is 0.258 e. The van der Waals surface area contributed by atoms with Crippen LogP contribution in [0.25, 0.3) is 0 Å². The fourth-order valence-corrected chi connectivity index (χ4v) is 3.79. The molecular weight excluding hydrogens is 444 g/mol. The minimum Gasteiger partial charge on any atom is -0.484 e. The molecule has 0 saturated carbocycles. The van der Waals surface area contributed by atoms with Crippen molar-refractivity contribution in [3.05, 3.63) is 58.6 Å². The molecule has 0 aliphatic carbocycles. The van der Waals surface area contributed by atoms with E-state index >= 15 is 0 Å². The van der Waals surface area contributed by atoms with Gasteiger partial charge in [0.05, 0.1) is 10.9 Å². The van der Waals surface area contributed by atoms with Gasteiger partial charge in [0, 0.05) is 11.0 Å². The van der Waals surface area contributed by atoms with Gasteiger partial charge in [-0.15, -0.1) is 0 Å². The normalized spacial score (nSPS) is 12.4. The number of carbonyl (C=O) groups excluding carboxylic acids is 1. The number of benzene rings is 2. The highest BCUT2D eigenvalue weighted by Gasteiger charge is 2.14. The monoisotopic (exact) mass is 468 g/mol. The standard InChI is InChI=1S/C20H25BrN2O4S/c1-3-4-13-22-28(25,26)19-11-9-18(10-12-19)27-14-20(24)23-15(2)16-5-7-17(21)8-6-16/h5-12,15,22H,3-4,13-14H2,1-2H3,(H,23,24). The summed E-state index contributed by atoms with van der Waals surface area (Å²) < 4.78 is 33.3. The van der Waals surface area contributed by atoms with Crippen molar-refractivity contribution in [1.29, 1.82) is 0 Å². The van der Waals surface area contributed by atoms with Gasteiger partial charge in [0.1, 0.15) is 5.75 Å². The number of rotatable bonds is 10. The summed E-state index contributed by atoms with van der Waals surface area (Å²) in [5, 5.41) is 2.87. The van der Waals surface area contributed by atoms with Crippen molar-refractivity contribution >= 4 is 31.9 Å². The van der Waals surface area contributed by atoms with Crippen molar-refractivity contribution in [1.82, 2.24) is 10.0 Å². The summed E-state index contributed by atoms with van der Waals surface area (Å²) in [4.78, 5) is 12.3. The van der Waals surface area contributed by atoms with E-state index in [-0.39, 0.29) is 23.5 Å². The summed E-state index contributed by atoms with van der Waals surface area (Å²) in [5.74, 6) is 0.173. The number of unbranched alkanes of at least 4 members (excludes halogenated alkanes) is 1. The van der Waals surface area contributed by atoms with Crippen LogP contribution >= 0.6 is 15.9 Å². The molecule has 2 N–H and O–H groups in total. The van der Waals surface area contributed by atoms with Gasteiger partial charge in [-0.2, -0.15) is 0 Å². The van der Waals surface area contributed by atoms with Crippen LogP contribution in [0.3, 0.4) is 0 Å². The van der Waals surface area contributed by atoms with Crippen LogP contribution < -0.4 is 14.8 Å². The van der Waals surface area contributed by atoms with Crippen molar-refractivity contribution in [2.24, 2.45) is 0 Å². The molecule has 1 unspecified atom stereocenters. The number of carbonyl (C=O) groups is 1. The van der Waals surface area contributed by atoms with Crippen LogP contribution in [0.5, 0.6) is 5.75 Å². The fourth-order valence-electron chi connectivity index (χ4n) is 2.45. The fraction of sp³-hybridized carbons (Fsp3) is 0.350. The second kappa shape index (κ2) is 10.6. The summed E-state index contributed by atoms with van der Waals surface area (Å²) >= 11 is 3.38. The van der Waals surface area contributed by atoms with E-state index in [0.717, 1.165) is 22.9 Å². The molecule has 1 atom stereocenters. The predicted octanol–water partition coefficient (Wildman–Crippen LogP) is 3.78. The van der Waals surface area contributed by atoms with Gasteiger partial charge in [-0.05, 0) is 55.3 Å². The molecule has 0 aliphatic heterocycles. The predicted molar refractivity (Wildman–Crippen MR) is 113 cm³/mol. The van der Waals surface area contributed by atoms with E-state index in [4.69, 9.17) is 4.74 Å². The lowest BCUT2D eigenvalue weighted by Gasteiger charge is -2.15. The molecule has 0 radical (unpaired) electrons. The first-order valence-corrected chi connectivity index (χ1v) is 11.4. The maximum atomic E-state index is 12.1. The van der Waals surface area contributed by atoms with E-state index in [1.807, 2.05) is 38.1 Å². The van der Waals surface area contributed by atoms with Gasteiger partial charge in [-0.1, -0.05) is 41.4 Å². The topological polar surface area (TPSA) is 84.5 Å². The summed E-state index contributed by atoms with van der Waals surface area (Å²) in [6.45, 7) is 4.15. The highest BCUT2D eigenvalue weighted by atomic mass is 79.9. The third-order valence-electron chi connectivity index (χ3n) is 4.07. The summed E-state index contributed by atoms with van der Waals surface area (Å²) in [7, 11) is -3.52. The Balaban J connectivity index is 1.85. The lowest BCUT2D eigenvalue weighted by atomic mass is 10.1. The van der Waals surface area contributed by atoms with Crippen molar-refractivity contribution < 1.29 is 17.9 Å². The van der Waals surface area contributed by atoms with Crippen LogP contribution in [0, 0.1) is 0 Å². The largest absolute Gasteiger partial charge is 0.484 e. The van der Waals surface area contributed by atoms with Crippen molar-refractivity contribution in [2.45, 2.75) is 37.6 Å². The summed E-state index contributed by atoms with van der Waals surface area (Å²) in [6.07, 6.45) is 1.70. The molecular formula is C20H25BrN2O4S. The molecule has 2 rings (SSSR count). The molecule has 2 aromatic carbocycles. The molecule has 0 spiro atoms. The second-order valence-electron chi connectivity index (χ2n) is 6.35. The molecule has 0 fully saturated rings. The number of ether oxygens (including phenoxy) is 1. The zero-order valence-corrected chi connectivity index (χ0v) is 18.3. The van der Waals surface area contributed by atoms with E-state index < -0.39 is 10.0 Å². The summed E-state index contributed by atoms with van der Waals surface area (Å²) in [5.41, 5.74) is 0.988. The number of halogens is 1. The van der Waals surface area contributed by atoms with Crippen molar-refractivity contribution in [3.63, 3.8) is 0 Å². The van der Waals surface area contributed by atoms with E-state index in [9.17, 15) is 13.2 Å². The van der Waals surface area contributed by atoms with Gasteiger partial charge < -0.3 is 10.1 Å². The molecule has 0 aliphatic rings. The van der Waals surface area contributed by atoms with E-state index in [0.29, 0.717) is 12.3 Å². The van der Waals surface area contributed by atoms with Gasteiger partial charge in [0.2, 0.25) is 10.0 Å². The SMILES string of the molecule is CCCCNS(=O)(=O)c1ccc(OCC(=O)NC(C)c2ccc(Br)cc2)cc1.